The third-order valence-electron chi connectivity index (χ3n) is 5.08. The topological polar surface area (TPSA) is 52.7 Å². The summed E-state index contributed by atoms with van der Waals surface area (Å²) in [6.45, 7) is 8.90. The van der Waals surface area contributed by atoms with E-state index in [0.717, 1.165) is 11.9 Å². The van der Waals surface area contributed by atoms with Crippen molar-refractivity contribution in [2.45, 2.75) is 58.7 Å². The van der Waals surface area contributed by atoms with Crippen molar-refractivity contribution in [1.29, 1.82) is 0 Å². The molecule has 0 aliphatic rings. The first-order valence-corrected chi connectivity index (χ1v) is 9.77. The Labute approximate surface area is 177 Å². The third kappa shape index (κ3) is 4.70. The maximum absolute atomic E-state index is 13.3. The standard InChI is InChI=1S/C22H24F4N4O/c1-13(29-12-19(22(24,25)26)28-14(29)2)18(31)10-15-11-27-30(20(15)21(3,4)5)17-8-6-16(23)7-9-17/h6-9,11-13H,10H2,1-5H3. The molecule has 3 rings (SSSR count). The van der Waals surface area contributed by atoms with Crippen molar-refractivity contribution in [3.63, 3.8) is 0 Å². The van der Waals surface area contributed by atoms with Gasteiger partial charge in [-0.2, -0.15) is 18.3 Å². The number of hydrogen-bond acceptors (Lipinski definition) is 3. The summed E-state index contributed by atoms with van der Waals surface area (Å²) in [7, 11) is 0. The number of ketones is 1. The quantitative estimate of drug-likeness (QED) is 0.516. The van der Waals surface area contributed by atoms with Crippen molar-refractivity contribution >= 4 is 5.78 Å². The van der Waals surface area contributed by atoms with Crippen molar-refractivity contribution in [1.82, 2.24) is 19.3 Å². The van der Waals surface area contributed by atoms with E-state index >= 15 is 0 Å². The molecule has 2 aromatic heterocycles. The molecule has 2 heterocycles. The largest absolute Gasteiger partial charge is 0.434 e. The van der Waals surface area contributed by atoms with Crippen LogP contribution in [0.1, 0.15) is 56.5 Å². The molecule has 0 N–H and O–H groups in total. The summed E-state index contributed by atoms with van der Waals surface area (Å²) in [5.41, 5.74) is 0.681. The van der Waals surface area contributed by atoms with E-state index in [-0.39, 0.29) is 23.8 Å². The fourth-order valence-corrected chi connectivity index (χ4v) is 3.59. The number of hydrogen-bond donors (Lipinski definition) is 0. The summed E-state index contributed by atoms with van der Waals surface area (Å²) in [6, 6.07) is 5.02. The Kier molecular flexibility index (Phi) is 5.82. The Hall–Kier alpha value is -2.97. The van der Waals surface area contributed by atoms with Crippen LogP contribution < -0.4 is 0 Å². The van der Waals surface area contributed by atoms with Crippen molar-refractivity contribution in [2.75, 3.05) is 0 Å². The molecule has 0 spiro atoms. The first kappa shape index (κ1) is 22.7. The molecule has 0 radical (unpaired) electrons. The van der Waals surface area contributed by atoms with Gasteiger partial charge in [0, 0.05) is 23.6 Å². The molecule has 0 saturated carbocycles. The van der Waals surface area contributed by atoms with Crippen LogP contribution in [0.5, 0.6) is 0 Å². The van der Waals surface area contributed by atoms with Gasteiger partial charge >= 0.3 is 6.18 Å². The van der Waals surface area contributed by atoms with Crippen LogP contribution in [-0.2, 0) is 22.8 Å². The summed E-state index contributed by atoms with van der Waals surface area (Å²) in [5, 5.41) is 4.40. The number of Topliss-reactive ketones (excluding diaryl/α,β-unsaturated/α-hetero) is 1. The van der Waals surface area contributed by atoms with E-state index in [9.17, 15) is 22.4 Å². The predicted octanol–water partition coefficient (Wildman–Crippen LogP) is 5.21. The van der Waals surface area contributed by atoms with Crippen molar-refractivity contribution in [2.24, 2.45) is 0 Å². The number of halogens is 4. The smallest absolute Gasteiger partial charge is 0.324 e. The summed E-state index contributed by atoms with van der Waals surface area (Å²) in [5.74, 6) is -0.518. The molecule has 5 nitrogen and oxygen atoms in total. The summed E-state index contributed by atoms with van der Waals surface area (Å²) >= 11 is 0. The van der Waals surface area contributed by atoms with Crippen LogP contribution in [0.15, 0.2) is 36.7 Å². The van der Waals surface area contributed by atoms with Crippen LogP contribution >= 0.6 is 0 Å². The Balaban J connectivity index is 1.93. The van der Waals surface area contributed by atoms with Crippen LogP contribution in [0, 0.1) is 12.7 Å². The van der Waals surface area contributed by atoms with Crippen LogP contribution in [0.3, 0.4) is 0 Å². The van der Waals surface area contributed by atoms with E-state index in [4.69, 9.17) is 0 Å². The molecule has 166 valence electrons. The highest BCUT2D eigenvalue weighted by Gasteiger charge is 2.35. The second kappa shape index (κ2) is 7.94. The van der Waals surface area contributed by atoms with E-state index in [1.165, 1.54) is 23.6 Å². The van der Waals surface area contributed by atoms with E-state index < -0.39 is 23.3 Å². The second-order valence-electron chi connectivity index (χ2n) is 8.55. The number of nitrogens with zero attached hydrogens (tertiary/aromatic N) is 4. The van der Waals surface area contributed by atoms with Crippen molar-refractivity contribution in [3.8, 4) is 5.69 Å². The average Bonchev–Trinajstić information content (AvgIpc) is 3.25. The highest BCUT2D eigenvalue weighted by Crippen LogP contribution is 2.31. The first-order chi connectivity index (χ1) is 14.3. The lowest BCUT2D eigenvalue weighted by Gasteiger charge is -2.23. The average molecular weight is 436 g/mol. The van der Waals surface area contributed by atoms with Crippen molar-refractivity contribution in [3.05, 3.63) is 65.3 Å². The molecule has 3 aromatic rings. The zero-order valence-corrected chi connectivity index (χ0v) is 18.0. The Morgan fingerprint density at radius 2 is 1.74 bits per heavy atom. The Morgan fingerprint density at radius 1 is 1.13 bits per heavy atom. The molecular formula is C22H24F4N4O. The minimum Gasteiger partial charge on any atom is -0.324 e. The fourth-order valence-electron chi connectivity index (χ4n) is 3.59. The number of aryl methyl sites for hydroxylation is 1. The number of alkyl halides is 3. The molecule has 1 atom stereocenters. The van der Waals surface area contributed by atoms with Gasteiger partial charge in [0.1, 0.15) is 11.6 Å². The predicted molar refractivity (Wildman–Crippen MR) is 108 cm³/mol. The van der Waals surface area contributed by atoms with Crippen LogP contribution in [0.25, 0.3) is 5.69 Å². The van der Waals surface area contributed by atoms with Gasteiger partial charge in [0.15, 0.2) is 11.5 Å². The Morgan fingerprint density at radius 3 is 2.26 bits per heavy atom. The summed E-state index contributed by atoms with van der Waals surface area (Å²) in [4.78, 5) is 16.5. The zero-order valence-electron chi connectivity index (χ0n) is 18.0. The Bertz CT molecular complexity index is 1090. The molecule has 0 aliphatic heterocycles. The van der Waals surface area contributed by atoms with Gasteiger partial charge in [-0.3, -0.25) is 4.79 Å². The molecule has 0 fully saturated rings. The van der Waals surface area contributed by atoms with E-state index in [1.807, 2.05) is 20.8 Å². The number of imidazole rings is 1. The van der Waals surface area contributed by atoms with Gasteiger partial charge in [0.25, 0.3) is 0 Å². The van der Waals surface area contributed by atoms with Gasteiger partial charge in [-0.25, -0.2) is 14.1 Å². The lowest BCUT2D eigenvalue weighted by Crippen LogP contribution is -2.23. The fraction of sp³-hybridized carbons (Fsp3) is 0.409. The van der Waals surface area contributed by atoms with E-state index in [2.05, 4.69) is 10.1 Å². The monoisotopic (exact) mass is 436 g/mol. The number of aromatic nitrogens is 4. The molecule has 0 amide bonds. The van der Waals surface area contributed by atoms with Crippen LogP contribution in [-0.4, -0.2) is 25.1 Å². The molecule has 1 unspecified atom stereocenters. The summed E-state index contributed by atoms with van der Waals surface area (Å²) in [6.07, 6.45) is -2.14. The number of carbonyl (C=O) groups is 1. The number of rotatable bonds is 5. The SMILES string of the molecule is Cc1nc(C(F)(F)F)cn1C(C)C(=O)Cc1cnn(-c2ccc(F)cc2)c1C(C)(C)C. The van der Waals surface area contributed by atoms with Crippen molar-refractivity contribution < 1.29 is 22.4 Å². The zero-order chi connectivity index (χ0) is 23.1. The molecule has 0 aliphatic carbocycles. The lowest BCUT2D eigenvalue weighted by molar-refractivity contribution is -0.141. The third-order valence-corrected chi connectivity index (χ3v) is 5.08. The van der Waals surface area contributed by atoms with Gasteiger partial charge in [-0.05, 0) is 38.1 Å². The first-order valence-electron chi connectivity index (χ1n) is 9.77. The van der Waals surface area contributed by atoms with E-state index in [0.29, 0.717) is 11.3 Å². The number of benzene rings is 1. The van der Waals surface area contributed by atoms with Crippen LogP contribution in [0.4, 0.5) is 17.6 Å². The van der Waals surface area contributed by atoms with Gasteiger partial charge in [0.05, 0.1) is 23.6 Å². The molecule has 0 bridgehead atoms. The molecule has 9 heteroatoms. The molecule has 1 aromatic carbocycles. The molecule has 0 saturated heterocycles. The molecular weight excluding hydrogens is 412 g/mol. The lowest BCUT2D eigenvalue weighted by atomic mass is 9.87. The molecule has 31 heavy (non-hydrogen) atoms. The van der Waals surface area contributed by atoms with Gasteiger partial charge < -0.3 is 4.57 Å². The minimum atomic E-state index is -4.57. The highest BCUT2D eigenvalue weighted by atomic mass is 19.4. The number of carbonyl (C=O) groups excluding carboxylic acids is 1. The normalized spacial score (nSPS) is 13.5. The maximum atomic E-state index is 13.3. The maximum Gasteiger partial charge on any atom is 0.434 e. The van der Waals surface area contributed by atoms with Gasteiger partial charge in [-0.1, -0.05) is 20.8 Å². The van der Waals surface area contributed by atoms with Gasteiger partial charge in [-0.15, -0.1) is 0 Å². The highest BCUT2D eigenvalue weighted by molar-refractivity contribution is 5.84. The second-order valence-corrected chi connectivity index (χ2v) is 8.55. The van der Waals surface area contributed by atoms with Gasteiger partial charge in [0.2, 0.25) is 0 Å². The van der Waals surface area contributed by atoms with Crippen LogP contribution in [0.2, 0.25) is 0 Å². The van der Waals surface area contributed by atoms with E-state index in [1.54, 1.807) is 29.9 Å². The summed E-state index contributed by atoms with van der Waals surface area (Å²) < 4.78 is 55.1. The minimum absolute atomic E-state index is 0.00602.